The highest BCUT2D eigenvalue weighted by Crippen LogP contribution is 2.32. The van der Waals surface area contributed by atoms with Gasteiger partial charge >= 0.3 is 6.18 Å². The van der Waals surface area contributed by atoms with Crippen molar-refractivity contribution in [1.29, 1.82) is 0 Å². The van der Waals surface area contributed by atoms with E-state index in [1.165, 1.54) is 18.3 Å². The van der Waals surface area contributed by atoms with Crippen LogP contribution in [0.1, 0.15) is 31.4 Å². The highest BCUT2D eigenvalue weighted by molar-refractivity contribution is 5.89. The van der Waals surface area contributed by atoms with Crippen LogP contribution in [-0.2, 0) is 6.18 Å². The molecule has 0 bridgehead atoms. The molecule has 0 atom stereocenters. The predicted octanol–water partition coefficient (Wildman–Crippen LogP) is 3.32. The molecule has 7 nitrogen and oxygen atoms in total. The summed E-state index contributed by atoms with van der Waals surface area (Å²) in [6.45, 7) is 1.20. The average molecular weight is 468 g/mol. The minimum Gasteiger partial charge on any atom is -0.377 e. The third-order valence-electron chi connectivity index (χ3n) is 5.87. The van der Waals surface area contributed by atoms with Gasteiger partial charge in [0.25, 0.3) is 10.9 Å². The molecule has 32 heavy (non-hydrogen) atoms. The zero-order valence-corrected chi connectivity index (χ0v) is 17.7. The first-order valence-electron chi connectivity index (χ1n) is 10.3. The number of nitrogens with zero attached hydrogens (tertiary/aromatic N) is 3. The first-order valence-corrected chi connectivity index (χ1v) is 10.3. The average Bonchev–Trinajstić information content (AvgIpc) is 3.58. The van der Waals surface area contributed by atoms with Crippen molar-refractivity contribution in [3.8, 4) is 0 Å². The van der Waals surface area contributed by atoms with Crippen LogP contribution in [0.5, 0.6) is 0 Å². The first-order chi connectivity index (χ1) is 14.8. The van der Waals surface area contributed by atoms with E-state index in [9.17, 15) is 22.8 Å². The fourth-order valence-electron chi connectivity index (χ4n) is 4.01. The van der Waals surface area contributed by atoms with E-state index in [1.807, 2.05) is 4.90 Å². The molecule has 2 fully saturated rings. The van der Waals surface area contributed by atoms with Gasteiger partial charge in [0.05, 0.1) is 5.52 Å². The smallest absolute Gasteiger partial charge is 0.377 e. The van der Waals surface area contributed by atoms with Gasteiger partial charge in [-0.1, -0.05) is 0 Å². The van der Waals surface area contributed by atoms with Gasteiger partial charge in [0.1, 0.15) is 22.9 Å². The predicted molar refractivity (Wildman–Crippen MR) is 119 cm³/mol. The molecular formula is C21H21ClF3N5O2. The van der Waals surface area contributed by atoms with Crippen molar-refractivity contribution < 1.29 is 13.2 Å². The van der Waals surface area contributed by atoms with E-state index in [2.05, 4.69) is 20.6 Å². The minimum atomic E-state index is -4.50. The molecule has 5 rings (SSSR count). The Morgan fingerprint density at radius 1 is 0.938 bits per heavy atom. The largest absolute Gasteiger partial charge is 0.433 e. The van der Waals surface area contributed by atoms with Crippen molar-refractivity contribution in [2.45, 2.75) is 43.9 Å². The number of piperidine rings is 1. The molecule has 1 saturated heterocycles. The Hall–Kier alpha value is -2.88. The minimum absolute atomic E-state index is 0. The fourth-order valence-corrected chi connectivity index (χ4v) is 4.01. The summed E-state index contributed by atoms with van der Waals surface area (Å²) in [7, 11) is 0. The van der Waals surface area contributed by atoms with Crippen LogP contribution >= 0.6 is 12.4 Å². The molecule has 1 saturated carbocycles. The Balaban J connectivity index is 0.00000245. The Labute approximate surface area is 187 Å². The maximum atomic E-state index is 12.9. The molecule has 0 amide bonds. The number of fused-ring (bicyclic) bond motifs is 1. The number of aromatic nitrogens is 2. The molecule has 0 radical (unpaired) electrons. The van der Waals surface area contributed by atoms with Crippen LogP contribution in [0.2, 0.25) is 0 Å². The molecule has 1 aromatic carbocycles. The summed E-state index contributed by atoms with van der Waals surface area (Å²) in [6.07, 6.45) is 0.372. The Morgan fingerprint density at radius 2 is 1.62 bits per heavy atom. The standard InChI is InChI=1S/C21H20F3N5O2.ClH/c22-21(23,24)15-4-3-13-14(28-15)5-8-25-20(13)27-12-6-9-29(10-7-12)17-16(18(30)19(17)31)26-11-1-2-11;/h3-5,8,11-12,26H,1-2,6-7,9-10H2,(H,25,27);1H. The Bertz CT molecular complexity index is 1210. The molecule has 2 aromatic heterocycles. The highest BCUT2D eigenvalue weighted by Gasteiger charge is 2.34. The molecule has 11 heteroatoms. The number of hydrogen-bond acceptors (Lipinski definition) is 7. The van der Waals surface area contributed by atoms with E-state index in [0.29, 0.717) is 54.6 Å². The van der Waals surface area contributed by atoms with Gasteiger partial charge in [-0.3, -0.25) is 9.59 Å². The monoisotopic (exact) mass is 467 g/mol. The molecule has 1 aliphatic carbocycles. The summed E-state index contributed by atoms with van der Waals surface area (Å²) in [5.41, 5.74) is -0.647. The number of anilines is 3. The van der Waals surface area contributed by atoms with Crippen LogP contribution in [0.15, 0.2) is 34.0 Å². The zero-order valence-electron chi connectivity index (χ0n) is 16.9. The summed E-state index contributed by atoms with van der Waals surface area (Å²) in [5.74, 6) is 0.488. The van der Waals surface area contributed by atoms with Crippen LogP contribution in [0.25, 0.3) is 10.9 Å². The maximum Gasteiger partial charge on any atom is 0.433 e. The molecule has 0 spiro atoms. The molecule has 3 heterocycles. The van der Waals surface area contributed by atoms with Crippen LogP contribution in [0, 0.1) is 0 Å². The summed E-state index contributed by atoms with van der Waals surface area (Å²) < 4.78 is 38.8. The summed E-state index contributed by atoms with van der Waals surface area (Å²) in [5, 5.41) is 6.99. The van der Waals surface area contributed by atoms with E-state index in [1.54, 1.807) is 0 Å². The van der Waals surface area contributed by atoms with E-state index in [4.69, 9.17) is 0 Å². The third-order valence-corrected chi connectivity index (χ3v) is 5.87. The molecule has 170 valence electrons. The molecule has 2 N–H and O–H groups in total. The molecule has 2 aliphatic rings. The lowest BCUT2D eigenvalue weighted by molar-refractivity contribution is -0.140. The van der Waals surface area contributed by atoms with Gasteiger partial charge in [0, 0.05) is 36.8 Å². The van der Waals surface area contributed by atoms with Gasteiger partial charge < -0.3 is 15.5 Å². The third kappa shape index (κ3) is 4.11. The van der Waals surface area contributed by atoms with Crippen LogP contribution in [0.3, 0.4) is 0 Å². The van der Waals surface area contributed by atoms with Crippen molar-refractivity contribution in [1.82, 2.24) is 9.97 Å². The van der Waals surface area contributed by atoms with Gasteiger partial charge in [0.15, 0.2) is 0 Å². The van der Waals surface area contributed by atoms with Gasteiger partial charge in [-0.2, -0.15) is 13.2 Å². The number of alkyl halides is 3. The Morgan fingerprint density at radius 3 is 2.28 bits per heavy atom. The molecular weight excluding hydrogens is 447 g/mol. The molecule has 0 unspecified atom stereocenters. The van der Waals surface area contributed by atoms with Crippen molar-refractivity contribution in [3.05, 3.63) is 50.5 Å². The Kier molecular flexibility index (Phi) is 5.74. The second kappa shape index (κ2) is 8.23. The van der Waals surface area contributed by atoms with E-state index >= 15 is 0 Å². The normalized spacial score (nSPS) is 17.4. The number of hydrogen-bond donors (Lipinski definition) is 2. The van der Waals surface area contributed by atoms with Crippen molar-refractivity contribution >= 4 is 40.5 Å². The van der Waals surface area contributed by atoms with Gasteiger partial charge in [-0.05, 0) is 43.9 Å². The van der Waals surface area contributed by atoms with Crippen LogP contribution in [-0.4, -0.2) is 35.1 Å². The number of rotatable bonds is 5. The first kappa shape index (κ1) is 22.3. The van der Waals surface area contributed by atoms with Crippen LogP contribution < -0.4 is 26.4 Å². The second-order valence-electron chi connectivity index (χ2n) is 8.13. The van der Waals surface area contributed by atoms with E-state index < -0.39 is 22.7 Å². The van der Waals surface area contributed by atoms with Crippen molar-refractivity contribution in [2.24, 2.45) is 0 Å². The lowest BCUT2D eigenvalue weighted by Crippen LogP contribution is -2.47. The lowest BCUT2D eigenvalue weighted by atomic mass is 10.0. The summed E-state index contributed by atoms with van der Waals surface area (Å²) in [4.78, 5) is 33.9. The van der Waals surface area contributed by atoms with Gasteiger partial charge in [-0.15, -0.1) is 12.4 Å². The summed E-state index contributed by atoms with van der Waals surface area (Å²) >= 11 is 0. The van der Waals surface area contributed by atoms with E-state index in [-0.39, 0.29) is 24.0 Å². The SMILES string of the molecule is Cl.O=c1c(NC2CC2)c(N2CCC(Nc3nccc4nc(C(F)(F)F)ccc34)CC2)c1=O. The van der Waals surface area contributed by atoms with Crippen molar-refractivity contribution in [2.75, 3.05) is 28.6 Å². The number of pyridine rings is 2. The topological polar surface area (TPSA) is 87.2 Å². The molecule has 1 aliphatic heterocycles. The van der Waals surface area contributed by atoms with E-state index in [0.717, 1.165) is 18.9 Å². The number of halogens is 4. The second-order valence-corrected chi connectivity index (χ2v) is 8.13. The zero-order chi connectivity index (χ0) is 21.8. The maximum absolute atomic E-state index is 12.9. The fraction of sp³-hybridized carbons (Fsp3) is 0.429. The van der Waals surface area contributed by atoms with Gasteiger partial charge in [-0.25, -0.2) is 9.97 Å². The lowest BCUT2D eigenvalue weighted by Gasteiger charge is -2.35. The van der Waals surface area contributed by atoms with Crippen LogP contribution in [0.4, 0.5) is 30.4 Å². The molecule has 3 aromatic rings. The highest BCUT2D eigenvalue weighted by atomic mass is 35.5. The van der Waals surface area contributed by atoms with Crippen molar-refractivity contribution in [3.63, 3.8) is 0 Å². The quantitative estimate of drug-likeness (QED) is 0.556. The van der Waals surface area contributed by atoms with Gasteiger partial charge in [0.2, 0.25) is 0 Å². The summed E-state index contributed by atoms with van der Waals surface area (Å²) in [6, 6.07) is 4.14. The number of nitrogens with one attached hydrogen (secondary N) is 2.